The molecule has 2 aliphatic heterocycles. The first-order valence-corrected chi connectivity index (χ1v) is 9.24. The van der Waals surface area contributed by atoms with Crippen LogP contribution in [0.25, 0.3) is 0 Å². The van der Waals surface area contributed by atoms with E-state index in [1.807, 2.05) is 27.7 Å². The number of hydrogen-bond donors (Lipinski definition) is 0. The van der Waals surface area contributed by atoms with Gasteiger partial charge in [0.25, 0.3) is 0 Å². The molecule has 0 spiro atoms. The van der Waals surface area contributed by atoms with Crippen molar-refractivity contribution >= 4 is 7.12 Å². The van der Waals surface area contributed by atoms with Gasteiger partial charge in [-0.3, -0.25) is 0 Å². The van der Waals surface area contributed by atoms with E-state index >= 15 is 0 Å². The van der Waals surface area contributed by atoms with Crippen LogP contribution in [0.3, 0.4) is 0 Å². The average Bonchev–Trinajstić information content (AvgIpc) is 2.61. The van der Waals surface area contributed by atoms with Crippen LogP contribution in [0.2, 0.25) is 0 Å². The van der Waals surface area contributed by atoms with Gasteiger partial charge in [-0.2, -0.15) is 0 Å². The van der Waals surface area contributed by atoms with Gasteiger partial charge in [0.1, 0.15) is 5.73 Å². The van der Waals surface area contributed by atoms with Crippen LogP contribution in [0.4, 0.5) is 4.39 Å². The zero-order valence-electron chi connectivity index (χ0n) is 15.2. The summed E-state index contributed by atoms with van der Waals surface area (Å²) in [5.41, 5.74) is -0.200. The second kappa shape index (κ2) is 6.49. The Balaban J connectivity index is 1.52. The molecule has 0 radical (unpaired) electrons. The lowest BCUT2D eigenvalue weighted by atomic mass is 9.72. The summed E-state index contributed by atoms with van der Waals surface area (Å²) in [5, 5.41) is 0. The Hall–Kier alpha value is -0.385. The van der Waals surface area contributed by atoms with Gasteiger partial charge in [-0.1, -0.05) is 12.8 Å². The molecule has 0 aromatic carbocycles. The Kier molecular flexibility index (Phi) is 4.92. The van der Waals surface area contributed by atoms with E-state index < -0.39 is 18.3 Å². The van der Waals surface area contributed by atoms with E-state index in [1.165, 1.54) is 38.8 Å². The maximum absolute atomic E-state index is 14.7. The number of rotatable bonds is 3. The van der Waals surface area contributed by atoms with Crippen molar-refractivity contribution in [3.05, 3.63) is 11.3 Å². The fraction of sp³-hybridized carbons (Fsp3) is 0.889. The number of allylic oxidation sites excluding steroid dienone is 1. The fourth-order valence-corrected chi connectivity index (χ4v) is 3.76. The van der Waals surface area contributed by atoms with Crippen molar-refractivity contribution in [1.29, 1.82) is 0 Å². The van der Waals surface area contributed by atoms with Crippen molar-refractivity contribution < 1.29 is 13.7 Å². The molecule has 3 nitrogen and oxygen atoms in total. The topological polar surface area (TPSA) is 21.7 Å². The molecular weight excluding hydrogens is 292 g/mol. The highest BCUT2D eigenvalue weighted by molar-refractivity contribution is 6.53. The standard InChI is InChI=1S/C18H31BFNO2/c1-17(2)18(3,4)23-19(22-17)16(20)15-11-14(12-15)13-21-9-7-5-6-8-10-21/h14H,5-13H2,1-4H3. The number of nitrogens with zero attached hydrogens (tertiary/aromatic N) is 1. The minimum Gasteiger partial charge on any atom is -0.398 e. The van der Waals surface area contributed by atoms with Gasteiger partial charge in [0.05, 0.1) is 11.2 Å². The first-order valence-electron chi connectivity index (χ1n) is 9.24. The van der Waals surface area contributed by atoms with Crippen LogP contribution < -0.4 is 0 Å². The fourth-order valence-electron chi connectivity index (χ4n) is 3.76. The first kappa shape index (κ1) is 17.4. The molecule has 1 aliphatic carbocycles. The monoisotopic (exact) mass is 323 g/mol. The third-order valence-corrected chi connectivity index (χ3v) is 6.08. The van der Waals surface area contributed by atoms with E-state index in [2.05, 4.69) is 4.90 Å². The zero-order chi connectivity index (χ0) is 16.7. The second-order valence-electron chi connectivity index (χ2n) is 8.53. The van der Waals surface area contributed by atoms with Gasteiger partial charge in [0.15, 0.2) is 0 Å². The maximum Gasteiger partial charge on any atom is 0.525 e. The summed E-state index contributed by atoms with van der Waals surface area (Å²) in [6.45, 7) is 11.4. The molecule has 3 rings (SSSR count). The molecule has 2 heterocycles. The lowest BCUT2D eigenvalue weighted by Crippen LogP contribution is -2.41. The lowest BCUT2D eigenvalue weighted by molar-refractivity contribution is 0.00578. The molecular formula is C18H31BFNO2. The molecule has 130 valence electrons. The Labute approximate surface area is 140 Å². The largest absolute Gasteiger partial charge is 0.525 e. The molecule has 0 unspecified atom stereocenters. The molecule has 23 heavy (non-hydrogen) atoms. The lowest BCUT2D eigenvalue weighted by Gasteiger charge is -2.34. The predicted octanol–water partition coefficient (Wildman–Crippen LogP) is 4.13. The SMILES string of the molecule is CC1(C)OB(C(F)=C2CC(CN3CCCCCC3)C2)OC1(C)C. The highest BCUT2D eigenvalue weighted by atomic mass is 19.1. The summed E-state index contributed by atoms with van der Waals surface area (Å²) in [6.07, 6.45) is 7.10. The summed E-state index contributed by atoms with van der Waals surface area (Å²) in [5.74, 6) is 0.608. The van der Waals surface area contributed by atoms with Crippen LogP contribution in [0, 0.1) is 5.92 Å². The van der Waals surface area contributed by atoms with E-state index in [4.69, 9.17) is 9.31 Å². The third-order valence-electron chi connectivity index (χ3n) is 6.08. The van der Waals surface area contributed by atoms with Gasteiger partial charge in [0, 0.05) is 6.54 Å². The molecule has 0 aromatic heterocycles. The summed E-state index contributed by atoms with van der Waals surface area (Å²) < 4.78 is 26.3. The van der Waals surface area contributed by atoms with Gasteiger partial charge in [-0.05, 0) is 78.0 Å². The highest BCUT2D eigenvalue weighted by Gasteiger charge is 2.54. The zero-order valence-corrected chi connectivity index (χ0v) is 15.2. The van der Waals surface area contributed by atoms with Crippen molar-refractivity contribution in [1.82, 2.24) is 4.90 Å². The Bertz CT molecular complexity index is 446. The van der Waals surface area contributed by atoms with Crippen molar-refractivity contribution in [2.24, 2.45) is 5.92 Å². The second-order valence-corrected chi connectivity index (χ2v) is 8.53. The van der Waals surface area contributed by atoms with E-state index in [0.29, 0.717) is 5.92 Å². The molecule has 0 N–H and O–H groups in total. The number of hydrogen-bond acceptors (Lipinski definition) is 3. The van der Waals surface area contributed by atoms with Crippen molar-refractivity contribution in [3.63, 3.8) is 0 Å². The van der Waals surface area contributed by atoms with Gasteiger partial charge in [-0.15, -0.1) is 0 Å². The quantitative estimate of drug-likeness (QED) is 0.729. The van der Waals surface area contributed by atoms with Crippen LogP contribution in [-0.2, 0) is 9.31 Å². The Morgan fingerprint density at radius 2 is 1.57 bits per heavy atom. The minimum atomic E-state index is -0.811. The predicted molar refractivity (Wildman–Crippen MR) is 91.8 cm³/mol. The normalized spacial score (nSPS) is 30.9. The maximum atomic E-state index is 14.7. The molecule has 0 bridgehead atoms. The summed E-state index contributed by atoms with van der Waals surface area (Å²) in [4.78, 5) is 2.57. The molecule has 0 atom stereocenters. The average molecular weight is 323 g/mol. The Morgan fingerprint density at radius 3 is 2.09 bits per heavy atom. The highest BCUT2D eigenvalue weighted by Crippen LogP contribution is 2.43. The third kappa shape index (κ3) is 3.67. The van der Waals surface area contributed by atoms with Crippen LogP contribution in [0.5, 0.6) is 0 Å². The van der Waals surface area contributed by atoms with Crippen molar-refractivity contribution in [2.75, 3.05) is 19.6 Å². The molecule has 3 aliphatic rings. The van der Waals surface area contributed by atoms with Gasteiger partial charge >= 0.3 is 7.12 Å². The molecule has 2 saturated heterocycles. The number of likely N-dealkylation sites (tertiary alicyclic amines) is 1. The number of halogens is 1. The van der Waals surface area contributed by atoms with Crippen LogP contribution in [0.15, 0.2) is 11.3 Å². The molecule has 0 aromatic rings. The summed E-state index contributed by atoms with van der Waals surface area (Å²) >= 11 is 0. The van der Waals surface area contributed by atoms with E-state index in [-0.39, 0.29) is 5.73 Å². The Morgan fingerprint density at radius 1 is 1.04 bits per heavy atom. The molecule has 1 saturated carbocycles. The summed E-state index contributed by atoms with van der Waals surface area (Å²) in [6, 6.07) is 0. The van der Waals surface area contributed by atoms with Crippen molar-refractivity contribution in [2.45, 2.75) is 77.4 Å². The molecule has 5 heteroatoms. The molecule has 3 fully saturated rings. The van der Waals surface area contributed by atoms with Crippen molar-refractivity contribution in [3.8, 4) is 0 Å². The summed E-state index contributed by atoms with van der Waals surface area (Å²) in [7, 11) is -0.811. The van der Waals surface area contributed by atoms with Gasteiger partial charge in [0.2, 0.25) is 0 Å². The smallest absolute Gasteiger partial charge is 0.398 e. The van der Waals surface area contributed by atoms with Gasteiger partial charge in [-0.25, -0.2) is 4.39 Å². The van der Waals surface area contributed by atoms with Crippen LogP contribution >= 0.6 is 0 Å². The first-order chi connectivity index (χ1) is 10.8. The minimum absolute atomic E-state index is 0.171. The van der Waals surface area contributed by atoms with E-state index in [1.54, 1.807) is 0 Å². The van der Waals surface area contributed by atoms with Gasteiger partial charge < -0.3 is 14.2 Å². The van der Waals surface area contributed by atoms with E-state index in [0.717, 1.165) is 25.0 Å². The van der Waals surface area contributed by atoms with Crippen LogP contribution in [-0.4, -0.2) is 42.9 Å². The van der Waals surface area contributed by atoms with Crippen LogP contribution in [0.1, 0.15) is 66.2 Å². The molecule has 0 amide bonds. The van der Waals surface area contributed by atoms with E-state index in [9.17, 15) is 4.39 Å².